The highest BCUT2D eigenvalue weighted by Gasteiger charge is 2.15. The van der Waals surface area contributed by atoms with Crippen LogP contribution in [0.3, 0.4) is 0 Å². The number of carbonyl (C=O) groups is 1. The second kappa shape index (κ2) is 7.56. The third-order valence-corrected chi connectivity index (χ3v) is 3.44. The van der Waals surface area contributed by atoms with Gasteiger partial charge in [-0.3, -0.25) is 0 Å². The van der Waals surface area contributed by atoms with E-state index in [9.17, 15) is 4.79 Å². The molecular formula is C16H21N3O. The van der Waals surface area contributed by atoms with Crippen LogP contribution in [0.15, 0.2) is 24.3 Å². The van der Waals surface area contributed by atoms with Crippen LogP contribution in [0.2, 0.25) is 0 Å². The molecule has 4 heteroatoms. The molecule has 0 unspecified atom stereocenters. The highest BCUT2D eigenvalue weighted by molar-refractivity contribution is 5.91. The van der Waals surface area contributed by atoms with Crippen molar-refractivity contribution in [2.75, 3.05) is 11.9 Å². The van der Waals surface area contributed by atoms with Gasteiger partial charge in [0.2, 0.25) is 0 Å². The third-order valence-electron chi connectivity index (χ3n) is 3.44. The van der Waals surface area contributed by atoms with Crippen LogP contribution in [0.4, 0.5) is 10.5 Å². The summed E-state index contributed by atoms with van der Waals surface area (Å²) in [6.07, 6.45) is 5.81. The first-order valence-corrected chi connectivity index (χ1v) is 7.15. The molecule has 1 aliphatic carbocycles. The average molecular weight is 271 g/mol. The highest BCUT2D eigenvalue weighted by Crippen LogP contribution is 2.18. The monoisotopic (exact) mass is 271 g/mol. The molecule has 0 atom stereocenters. The summed E-state index contributed by atoms with van der Waals surface area (Å²) in [5.41, 5.74) is 6.89. The van der Waals surface area contributed by atoms with Crippen molar-refractivity contribution in [2.24, 2.45) is 5.73 Å². The summed E-state index contributed by atoms with van der Waals surface area (Å²) in [6, 6.07) is 7.64. The molecule has 2 amide bonds. The standard InChI is InChI=1S/C16H21N3O/c17-12-6-8-13-7-4-5-11-15(13)19-16(20)18-14-9-2-1-3-10-14/h4-5,7,11,14H,1-3,9-10,12,17H2,(H2,18,19,20). The van der Waals surface area contributed by atoms with Gasteiger partial charge in [-0.2, -0.15) is 0 Å². The molecule has 0 radical (unpaired) electrons. The molecule has 1 aromatic carbocycles. The predicted molar refractivity (Wildman–Crippen MR) is 81.4 cm³/mol. The fourth-order valence-corrected chi connectivity index (χ4v) is 2.44. The lowest BCUT2D eigenvalue weighted by molar-refractivity contribution is 0.244. The van der Waals surface area contributed by atoms with Gasteiger partial charge in [0, 0.05) is 11.6 Å². The molecule has 4 N–H and O–H groups in total. The van der Waals surface area contributed by atoms with Crippen molar-refractivity contribution in [2.45, 2.75) is 38.1 Å². The van der Waals surface area contributed by atoms with Gasteiger partial charge in [0.25, 0.3) is 0 Å². The van der Waals surface area contributed by atoms with Crippen molar-refractivity contribution in [1.82, 2.24) is 5.32 Å². The zero-order valence-corrected chi connectivity index (χ0v) is 11.6. The van der Waals surface area contributed by atoms with Crippen LogP contribution in [-0.2, 0) is 0 Å². The van der Waals surface area contributed by atoms with Crippen molar-refractivity contribution in [1.29, 1.82) is 0 Å². The SMILES string of the molecule is NCC#Cc1ccccc1NC(=O)NC1CCCCC1. The van der Waals surface area contributed by atoms with Crippen LogP contribution < -0.4 is 16.4 Å². The van der Waals surface area contributed by atoms with E-state index in [1.54, 1.807) is 0 Å². The van der Waals surface area contributed by atoms with E-state index in [2.05, 4.69) is 22.5 Å². The first kappa shape index (κ1) is 14.4. The zero-order chi connectivity index (χ0) is 14.2. The average Bonchev–Trinajstić information content (AvgIpc) is 2.47. The van der Waals surface area contributed by atoms with Gasteiger partial charge in [0.15, 0.2) is 0 Å². The first-order valence-electron chi connectivity index (χ1n) is 7.15. The maximum Gasteiger partial charge on any atom is 0.319 e. The van der Waals surface area contributed by atoms with Crippen LogP contribution >= 0.6 is 0 Å². The van der Waals surface area contributed by atoms with Crippen LogP contribution in [0.25, 0.3) is 0 Å². The quantitative estimate of drug-likeness (QED) is 0.723. The fraction of sp³-hybridized carbons (Fsp3) is 0.438. The Morgan fingerprint density at radius 3 is 2.75 bits per heavy atom. The van der Waals surface area contributed by atoms with Gasteiger partial charge >= 0.3 is 6.03 Å². The molecule has 0 aromatic heterocycles. The van der Waals surface area contributed by atoms with Gasteiger partial charge in [-0.15, -0.1) is 0 Å². The van der Waals surface area contributed by atoms with Crippen LogP contribution in [0, 0.1) is 11.8 Å². The van der Waals surface area contributed by atoms with E-state index in [4.69, 9.17) is 5.73 Å². The van der Waals surface area contributed by atoms with E-state index in [0.29, 0.717) is 12.6 Å². The first-order chi connectivity index (χ1) is 9.79. The number of anilines is 1. The summed E-state index contributed by atoms with van der Waals surface area (Å²) in [5, 5.41) is 5.90. The molecular weight excluding hydrogens is 250 g/mol. The molecule has 0 aliphatic heterocycles. The smallest absolute Gasteiger partial charge is 0.319 e. The normalized spacial score (nSPS) is 15.1. The molecule has 0 spiro atoms. The Labute approximate surface area is 120 Å². The Bertz CT molecular complexity index is 510. The number of benzene rings is 1. The maximum absolute atomic E-state index is 12.0. The second-order valence-electron chi connectivity index (χ2n) is 4.98. The summed E-state index contributed by atoms with van der Waals surface area (Å²) in [7, 11) is 0. The molecule has 1 aromatic rings. The van der Waals surface area contributed by atoms with Crippen molar-refractivity contribution >= 4 is 11.7 Å². The van der Waals surface area contributed by atoms with E-state index < -0.39 is 0 Å². The minimum absolute atomic E-state index is 0.154. The minimum Gasteiger partial charge on any atom is -0.335 e. The number of hydrogen-bond acceptors (Lipinski definition) is 2. The van der Waals surface area contributed by atoms with Crippen molar-refractivity contribution in [3.8, 4) is 11.8 Å². The lowest BCUT2D eigenvalue weighted by atomic mass is 9.96. The van der Waals surface area contributed by atoms with Gasteiger partial charge in [0.1, 0.15) is 0 Å². The topological polar surface area (TPSA) is 67.1 Å². The van der Waals surface area contributed by atoms with Crippen LogP contribution in [0.1, 0.15) is 37.7 Å². The van der Waals surface area contributed by atoms with E-state index in [0.717, 1.165) is 24.1 Å². The van der Waals surface area contributed by atoms with Gasteiger partial charge in [-0.05, 0) is 25.0 Å². The van der Waals surface area contributed by atoms with Crippen LogP contribution in [-0.4, -0.2) is 18.6 Å². The fourth-order valence-electron chi connectivity index (χ4n) is 2.44. The Morgan fingerprint density at radius 1 is 1.25 bits per heavy atom. The number of para-hydroxylation sites is 1. The molecule has 4 nitrogen and oxygen atoms in total. The zero-order valence-electron chi connectivity index (χ0n) is 11.6. The highest BCUT2D eigenvalue weighted by atomic mass is 16.2. The van der Waals surface area contributed by atoms with Gasteiger partial charge in [-0.1, -0.05) is 43.2 Å². The number of nitrogens with two attached hydrogens (primary N) is 1. The molecule has 106 valence electrons. The molecule has 0 heterocycles. The summed E-state index contributed by atoms with van der Waals surface area (Å²) in [5.74, 6) is 5.77. The number of hydrogen-bond donors (Lipinski definition) is 3. The van der Waals surface area contributed by atoms with Crippen molar-refractivity contribution < 1.29 is 4.79 Å². The van der Waals surface area contributed by atoms with Gasteiger partial charge in [-0.25, -0.2) is 4.79 Å². The van der Waals surface area contributed by atoms with E-state index in [1.165, 1.54) is 19.3 Å². The molecule has 2 rings (SSSR count). The number of amides is 2. The minimum atomic E-state index is -0.154. The summed E-state index contributed by atoms with van der Waals surface area (Å²) < 4.78 is 0. The third kappa shape index (κ3) is 4.29. The number of rotatable bonds is 2. The Balaban J connectivity index is 1.96. The Morgan fingerprint density at radius 2 is 2.00 bits per heavy atom. The number of carbonyl (C=O) groups excluding carboxylic acids is 1. The predicted octanol–water partition coefficient (Wildman–Crippen LogP) is 2.45. The summed E-state index contributed by atoms with van der Waals surface area (Å²) in [4.78, 5) is 12.0. The van der Waals surface area contributed by atoms with Crippen molar-refractivity contribution in [3.63, 3.8) is 0 Å². The molecule has 1 fully saturated rings. The molecule has 1 aliphatic rings. The summed E-state index contributed by atoms with van der Waals surface area (Å²) >= 11 is 0. The Hall–Kier alpha value is -1.99. The maximum atomic E-state index is 12.0. The van der Waals surface area contributed by atoms with Crippen LogP contribution in [0.5, 0.6) is 0 Å². The molecule has 20 heavy (non-hydrogen) atoms. The lowest BCUT2D eigenvalue weighted by Crippen LogP contribution is -2.39. The molecule has 0 saturated heterocycles. The number of nitrogens with one attached hydrogen (secondary N) is 2. The lowest BCUT2D eigenvalue weighted by Gasteiger charge is -2.23. The number of urea groups is 1. The van der Waals surface area contributed by atoms with Gasteiger partial charge in [0.05, 0.1) is 12.2 Å². The van der Waals surface area contributed by atoms with Crippen molar-refractivity contribution in [3.05, 3.63) is 29.8 Å². The Kier molecular flexibility index (Phi) is 5.45. The largest absolute Gasteiger partial charge is 0.335 e. The molecule has 1 saturated carbocycles. The summed E-state index contributed by atoms with van der Waals surface area (Å²) in [6.45, 7) is 0.308. The van der Waals surface area contributed by atoms with E-state index in [-0.39, 0.29) is 6.03 Å². The van der Waals surface area contributed by atoms with Gasteiger partial charge < -0.3 is 16.4 Å². The van der Waals surface area contributed by atoms with E-state index in [1.807, 2.05) is 24.3 Å². The molecule has 0 bridgehead atoms. The second-order valence-corrected chi connectivity index (χ2v) is 4.98. The van der Waals surface area contributed by atoms with E-state index >= 15 is 0 Å².